The number of aromatic nitrogens is 2. The van der Waals surface area contributed by atoms with Gasteiger partial charge in [-0.15, -0.1) is 10.2 Å². The predicted octanol–water partition coefficient (Wildman–Crippen LogP) is 4.34. The number of hydrogen-bond donors (Lipinski definition) is 2. The largest absolute Gasteiger partial charge is 0.484 e. The minimum absolute atomic E-state index is 0.0189. The second-order valence-electron chi connectivity index (χ2n) is 9.08. The Balaban J connectivity index is 1.09. The zero-order valence-electron chi connectivity index (χ0n) is 20.6. The zero-order valence-corrected chi connectivity index (χ0v) is 20.6. The van der Waals surface area contributed by atoms with Crippen LogP contribution in [0, 0.1) is 6.92 Å². The maximum absolute atomic E-state index is 12.6. The Bertz CT molecular complexity index is 1380. The molecule has 4 aromatic rings. The van der Waals surface area contributed by atoms with E-state index in [1.54, 1.807) is 24.3 Å². The Kier molecular flexibility index (Phi) is 7.26. The number of carbonyl (C=O) groups is 2. The normalized spacial score (nSPS) is 12.7. The van der Waals surface area contributed by atoms with Gasteiger partial charge >= 0.3 is 0 Å². The number of hydrogen-bond acceptors (Lipinski definition) is 6. The summed E-state index contributed by atoms with van der Waals surface area (Å²) >= 11 is 0. The predicted molar refractivity (Wildman–Crippen MR) is 139 cm³/mol. The van der Waals surface area contributed by atoms with Gasteiger partial charge in [-0.2, -0.15) is 0 Å². The van der Waals surface area contributed by atoms with Crippen LogP contribution >= 0.6 is 0 Å². The van der Waals surface area contributed by atoms with E-state index in [9.17, 15) is 9.59 Å². The van der Waals surface area contributed by atoms with Gasteiger partial charge in [0.15, 0.2) is 6.61 Å². The molecule has 0 radical (unpaired) electrons. The van der Waals surface area contributed by atoms with Crippen molar-refractivity contribution in [2.24, 2.45) is 0 Å². The van der Waals surface area contributed by atoms with Crippen molar-refractivity contribution < 1.29 is 18.7 Å². The average Bonchev–Trinajstić information content (AvgIpc) is 3.60. The van der Waals surface area contributed by atoms with Crippen LogP contribution in [0.1, 0.15) is 34.3 Å². The van der Waals surface area contributed by atoms with Crippen molar-refractivity contribution in [3.8, 4) is 28.7 Å². The number of nitrogens with one attached hydrogen (secondary N) is 2. The summed E-state index contributed by atoms with van der Waals surface area (Å²) in [5.41, 5.74) is 4.32. The molecule has 1 heterocycles. The summed E-state index contributed by atoms with van der Waals surface area (Å²) in [7, 11) is 0. The summed E-state index contributed by atoms with van der Waals surface area (Å²) in [5.74, 6) is 1.27. The molecule has 0 saturated heterocycles. The van der Waals surface area contributed by atoms with E-state index in [1.807, 2.05) is 55.5 Å². The Morgan fingerprint density at radius 1 is 0.946 bits per heavy atom. The topological polar surface area (TPSA) is 106 Å². The average molecular weight is 497 g/mol. The number of amides is 2. The van der Waals surface area contributed by atoms with E-state index in [0.29, 0.717) is 42.1 Å². The first-order valence-electron chi connectivity index (χ1n) is 12.3. The van der Waals surface area contributed by atoms with Crippen LogP contribution in [0.15, 0.2) is 77.2 Å². The number of nitrogens with zero attached hydrogens (tertiary/aromatic N) is 2. The van der Waals surface area contributed by atoms with E-state index >= 15 is 0 Å². The minimum atomic E-state index is -0.153. The van der Waals surface area contributed by atoms with Crippen LogP contribution in [0.4, 0.5) is 0 Å². The maximum atomic E-state index is 12.6. The highest BCUT2D eigenvalue weighted by molar-refractivity contribution is 5.94. The Morgan fingerprint density at radius 3 is 2.41 bits per heavy atom. The lowest BCUT2D eigenvalue weighted by molar-refractivity contribution is -0.123. The summed E-state index contributed by atoms with van der Waals surface area (Å²) in [4.78, 5) is 24.3. The Labute approximate surface area is 215 Å². The second kappa shape index (κ2) is 11.1. The molecule has 2 amide bonds. The SMILES string of the molecule is Cc1ccccc1-c1nnc(-c2ccc(C(=O)NCCc3ccc(OCC(=O)NC4CC4)cc3)cc2)o1. The number of rotatable bonds is 10. The highest BCUT2D eigenvalue weighted by Gasteiger charge is 2.23. The second-order valence-corrected chi connectivity index (χ2v) is 9.08. The molecule has 0 bridgehead atoms. The van der Waals surface area contributed by atoms with Crippen LogP contribution in [0.3, 0.4) is 0 Å². The Morgan fingerprint density at radius 2 is 1.68 bits per heavy atom. The van der Waals surface area contributed by atoms with Crippen molar-refractivity contribution in [2.75, 3.05) is 13.2 Å². The number of aryl methyl sites for hydroxylation is 1. The molecule has 1 aliphatic carbocycles. The number of carbonyl (C=O) groups excluding carboxylic acids is 2. The van der Waals surface area contributed by atoms with E-state index in [2.05, 4.69) is 20.8 Å². The quantitative estimate of drug-likeness (QED) is 0.338. The molecule has 37 heavy (non-hydrogen) atoms. The van der Waals surface area contributed by atoms with Crippen LogP contribution < -0.4 is 15.4 Å². The van der Waals surface area contributed by atoms with Gasteiger partial charge in [-0.1, -0.05) is 30.3 Å². The molecule has 1 aromatic heterocycles. The highest BCUT2D eigenvalue weighted by Crippen LogP contribution is 2.26. The van der Waals surface area contributed by atoms with Crippen molar-refractivity contribution in [1.82, 2.24) is 20.8 Å². The molecule has 1 aliphatic rings. The third-order valence-electron chi connectivity index (χ3n) is 6.13. The molecule has 1 saturated carbocycles. The zero-order chi connectivity index (χ0) is 25.6. The molecule has 3 aromatic carbocycles. The standard InChI is InChI=1S/C29H28N4O4/c1-19-4-2-3-5-25(19)29-33-32-28(37-29)22-10-8-21(9-11-22)27(35)30-17-16-20-6-14-24(15-7-20)36-18-26(34)31-23-12-13-23/h2-11,14-15,23H,12-13,16-18H2,1H3,(H,30,35)(H,31,34). The van der Waals surface area contributed by atoms with Gasteiger partial charge in [-0.25, -0.2) is 0 Å². The van der Waals surface area contributed by atoms with Crippen molar-refractivity contribution in [3.05, 3.63) is 89.5 Å². The fourth-order valence-electron chi connectivity index (χ4n) is 3.85. The van der Waals surface area contributed by atoms with Gasteiger partial charge in [0.25, 0.3) is 11.8 Å². The van der Waals surface area contributed by atoms with Crippen LogP contribution in [-0.4, -0.2) is 41.2 Å². The van der Waals surface area contributed by atoms with Gasteiger partial charge in [-0.05, 0) is 79.8 Å². The van der Waals surface area contributed by atoms with Crippen molar-refractivity contribution in [1.29, 1.82) is 0 Å². The first-order chi connectivity index (χ1) is 18.0. The fraction of sp³-hybridized carbons (Fsp3) is 0.241. The van der Waals surface area contributed by atoms with Crippen LogP contribution in [-0.2, 0) is 11.2 Å². The van der Waals surface area contributed by atoms with E-state index in [4.69, 9.17) is 9.15 Å². The number of ether oxygens (including phenoxy) is 1. The van der Waals surface area contributed by atoms with Crippen molar-refractivity contribution in [3.63, 3.8) is 0 Å². The van der Waals surface area contributed by atoms with Gasteiger partial charge < -0.3 is 19.8 Å². The molecular weight excluding hydrogens is 468 g/mol. The summed E-state index contributed by atoms with van der Waals surface area (Å²) < 4.78 is 11.4. The first kappa shape index (κ1) is 24.2. The van der Waals surface area contributed by atoms with E-state index in [1.165, 1.54) is 0 Å². The smallest absolute Gasteiger partial charge is 0.258 e. The van der Waals surface area contributed by atoms with Gasteiger partial charge in [0.1, 0.15) is 5.75 Å². The van der Waals surface area contributed by atoms with Gasteiger partial charge in [0.2, 0.25) is 11.8 Å². The van der Waals surface area contributed by atoms with E-state index < -0.39 is 0 Å². The maximum Gasteiger partial charge on any atom is 0.258 e. The fourth-order valence-corrected chi connectivity index (χ4v) is 3.85. The van der Waals surface area contributed by atoms with E-state index in [-0.39, 0.29) is 18.4 Å². The van der Waals surface area contributed by atoms with Gasteiger partial charge in [0.05, 0.1) is 0 Å². The molecule has 0 unspecified atom stereocenters. The molecule has 1 fully saturated rings. The van der Waals surface area contributed by atoms with Crippen LogP contribution in [0.25, 0.3) is 22.9 Å². The van der Waals surface area contributed by atoms with Crippen molar-refractivity contribution in [2.45, 2.75) is 32.2 Å². The lowest BCUT2D eigenvalue weighted by Gasteiger charge is -2.08. The molecular formula is C29H28N4O4. The third-order valence-corrected chi connectivity index (χ3v) is 6.13. The molecule has 5 rings (SSSR count). The monoisotopic (exact) mass is 496 g/mol. The van der Waals surface area contributed by atoms with Gasteiger partial charge in [-0.3, -0.25) is 9.59 Å². The lowest BCUT2D eigenvalue weighted by Crippen LogP contribution is -2.30. The summed E-state index contributed by atoms with van der Waals surface area (Å²) in [5, 5.41) is 14.2. The lowest BCUT2D eigenvalue weighted by atomic mass is 10.1. The summed E-state index contributed by atoms with van der Waals surface area (Å²) in [6.07, 6.45) is 2.78. The minimum Gasteiger partial charge on any atom is -0.484 e. The van der Waals surface area contributed by atoms with Crippen LogP contribution in [0.2, 0.25) is 0 Å². The third kappa shape index (κ3) is 6.41. The summed E-state index contributed by atoms with van der Waals surface area (Å²) in [6, 6.07) is 22.8. The molecule has 0 aliphatic heterocycles. The molecule has 0 atom stereocenters. The van der Waals surface area contributed by atoms with Crippen LogP contribution in [0.5, 0.6) is 5.75 Å². The first-order valence-corrected chi connectivity index (χ1v) is 12.3. The molecule has 8 nitrogen and oxygen atoms in total. The Hall–Kier alpha value is -4.46. The molecule has 2 N–H and O–H groups in total. The highest BCUT2D eigenvalue weighted by atomic mass is 16.5. The molecule has 0 spiro atoms. The summed E-state index contributed by atoms with van der Waals surface area (Å²) in [6.45, 7) is 2.51. The van der Waals surface area contributed by atoms with E-state index in [0.717, 1.165) is 35.1 Å². The molecule has 188 valence electrons. The van der Waals surface area contributed by atoms with Gasteiger partial charge in [0, 0.05) is 29.3 Å². The molecule has 8 heteroatoms. The van der Waals surface area contributed by atoms with Crippen molar-refractivity contribution >= 4 is 11.8 Å². The number of benzene rings is 3.